The van der Waals surface area contributed by atoms with E-state index in [1.807, 2.05) is 42.1 Å². The number of nitrogens with one attached hydrogen (secondary N) is 1. The van der Waals surface area contributed by atoms with Gasteiger partial charge in [-0.3, -0.25) is 19.3 Å². The molecule has 1 unspecified atom stereocenters. The van der Waals surface area contributed by atoms with E-state index in [2.05, 4.69) is 10.3 Å². The van der Waals surface area contributed by atoms with Crippen LogP contribution in [0.5, 0.6) is 5.75 Å². The largest absolute Gasteiger partial charge is 0.496 e. The predicted octanol–water partition coefficient (Wildman–Crippen LogP) is 2.60. The van der Waals surface area contributed by atoms with Gasteiger partial charge in [0.15, 0.2) is 0 Å². The van der Waals surface area contributed by atoms with Crippen molar-refractivity contribution in [1.82, 2.24) is 19.8 Å². The van der Waals surface area contributed by atoms with E-state index in [1.54, 1.807) is 37.6 Å². The summed E-state index contributed by atoms with van der Waals surface area (Å²) in [7, 11) is 3.46. The Kier molecular flexibility index (Phi) is 6.02. The second-order valence-electron chi connectivity index (χ2n) is 7.62. The number of nitrogens with zero attached hydrogens (tertiary/aromatic N) is 3. The summed E-state index contributed by atoms with van der Waals surface area (Å²) in [6.45, 7) is 0.219. The number of benzene rings is 2. The van der Waals surface area contributed by atoms with Crippen LogP contribution in [-0.2, 0) is 23.2 Å². The number of aryl methyl sites for hydroxylation is 1. The summed E-state index contributed by atoms with van der Waals surface area (Å²) in [4.78, 5) is 42.4. The van der Waals surface area contributed by atoms with Gasteiger partial charge in [-0.05, 0) is 23.8 Å². The topological polar surface area (TPSA) is 93.5 Å². The number of imide groups is 1. The third kappa shape index (κ3) is 4.25. The quantitative estimate of drug-likeness (QED) is 0.580. The van der Waals surface area contributed by atoms with E-state index < -0.39 is 6.04 Å². The van der Waals surface area contributed by atoms with Crippen molar-refractivity contribution in [3.05, 3.63) is 83.4 Å². The summed E-state index contributed by atoms with van der Waals surface area (Å²) in [5, 5.41) is 3.05. The highest BCUT2D eigenvalue weighted by Gasteiger charge is 2.29. The predicted molar refractivity (Wildman–Crippen MR) is 117 cm³/mol. The molecular weight excluding hydrogens is 408 g/mol. The number of aromatic nitrogens is 2. The van der Waals surface area contributed by atoms with E-state index in [0.717, 1.165) is 11.1 Å². The van der Waals surface area contributed by atoms with Gasteiger partial charge < -0.3 is 14.6 Å². The molecule has 0 radical (unpaired) electrons. The molecule has 0 aliphatic carbocycles. The lowest BCUT2D eigenvalue weighted by Crippen LogP contribution is -2.31. The van der Waals surface area contributed by atoms with Gasteiger partial charge in [0.25, 0.3) is 5.91 Å². The summed E-state index contributed by atoms with van der Waals surface area (Å²) in [5.74, 6) is 0.725. The molecule has 1 saturated heterocycles. The standard InChI is InChI=1S/C24H24N4O4/c1-27-14-13-25-23(27)22(18-5-3-4-6-19(18)32-2)26-24(31)17-9-7-16(8-10-17)15-28-20(29)11-12-21(28)30/h3-10,13-14,22H,11-12,15H2,1-2H3,(H,26,31). The molecule has 2 heterocycles. The molecule has 164 valence electrons. The fraction of sp³-hybridized carbons (Fsp3) is 0.250. The second kappa shape index (κ2) is 9.05. The summed E-state index contributed by atoms with van der Waals surface area (Å²) < 4.78 is 7.35. The molecule has 0 spiro atoms. The number of imidazole rings is 1. The Morgan fingerprint density at radius 2 is 1.78 bits per heavy atom. The Bertz CT molecular complexity index is 1140. The van der Waals surface area contributed by atoms with Crippen LogP contribution in [-0.4, -0.2) is 39.3 Å². The molecule has 2 aromatic carbocycles. The van der Waals surface area contributed by atoms with Crippen LogP contribution in [0, 0.1) is 0 Å². The van der Waals surface area contributed by atoms with Crippen molar-refractivity contribution in [3.63, 3.8) is 0 Å². The number of rotatable bonds is 7. The van der Waals surface area contributed by atoms with Crippen molar-refractivity contribution in [2.45, 2.75) is 25.4 Å². The first-order valence-corrected chi connectivity index (χ1v) is 10.3. The van der Waals surface area contributed by atoms with Gasteiger partial charge in [0.05, 0.1) is 13.7 Å². The molecule has 32 heavy (non-hydrogen) atoms. The Morgan fingerprint density at radius 1 is 1.09 bits per heavy atom. The van der Waals surface area contributed by atoms with E-state index in [1.165, 1.54) is 4.90 Å². The molecule has 1 fully saturated rings. The number of amides is 3. The van der Waals surface area contributed by atoms with Gasteiger partial charge in [-0.25, -0.2) is 4.98 Å². The molecular formula is C24H24N4O4. The normalized spacial score (nSPS) is 14.5. The number of para-hydroxylation sites is 1. The first-order chi connectivity index (χ1) is 15.5. The van der Waals surface area contributed by atoms with Gasteiger partial charge in [-0.1, -0.05) is 30.3 Å². The van der Waals surface area contributed by atoms with E-state index in [-0.39, 0.29) is 37.1 Å². The van der Waals surface area contributed by atoms with Crippen molar-refractivity contribution in [3.8, 4) is 5.75 Å². The highest BCUT2D eigenvalue weighted by molar-refractivity contribution is 6.01. The molecule has 3 amide bonds. The van der Waals surface area contributed by atoms with Gasteiger partial charge in [0.2, 0.25) is 11.8 Å². The minimum absolute atomic E-state index is 0.161. The van der Waals surface area contributed by atoms with Crippen LogP contribution in [0.1, 0.15) is 46.2 Å². The lowest BCUT2D eigenvalue weighted by Gasteiger charge is -2.21. The first-order valence-electron chi connectivity index (χ1n) is 10.3. The van der Waals surface area contributed by atoms with Crippen LogP contribution in [0.2, 0.25) is 0 Å². The Labute approximate surface area is 185 Å². The maximum Gasteiger partial charge on any atom is 0.252 e. The highest BCUT2D eigenvalue weighted by atomic mass is 16.5. The molecule has 1 N–H and O–H groups in total. The molecule has 3 aromatic rings. The SMILES string of the molecule is COc1ccccc1C(NC(=O)c1ccc(CN2C(=O)CCC2=O)cc1)c1nccn1C. The third-order valence-electron chi connectivity index (χ3n) is 5.55. The lowest BCUT2D eigenvalue weighted by molar-refractivity contribution is -0.139. The number of likely N-dealkylation sites (tertiary alicyclic amines) is 1. The Hall–Kier alpha value is -3.94. The minimum Gasteiger partial charge on any atom is -0.496 e. The highest BCUT2D eigenvalue weighted by Crippen LogP contribution is 2.29. The Balaban J connectivity index is 1.55. The van der Waals surface area contributed by atoms with Crippen molar-refractivity contribution < 1.29 is 19.1 Å². The smallest absolute Gasteiger partial charge is 0.252 e. The second-order valence-corrected chi connectivity index (χ2v) is 7.62. The number of methoxy groups -OCH3 is 1. The lowest BCUT2D eigenvalue weighted by atomic mass is 10.0. The zero-order chi connectivity index (χ0) is 22.7. The summed E-state index contributed by atoms with van der Waals surface area (Å²) in [6, 6.07) is 13.9. The van der Waals surface area contributed by atoms with E-state index in [0.29, 0.717) is 17.1 Å². The summed E-state index contributed by atoms with van der Waals surface area (Å²) >= 11 is 0. The van der Waals surface area contributed by atoms with E-state index in [9.17, 15) is 14.4 Å². The van der Waals surface area contributed by atoms with Crippen molar-refractivity contribution in [2.75, 3.05) is 7.11 Å². The van der Waals surface area contributed by atoms with Crippen LogP contribution in [0.15, 0.2) is 60.9 Å². The molecule has 1 aliphatic heterocycles. The van der Waals surface area contributed by atoms with Crippen LogP contribution < -0.4 is 10.1 Å². The third-order valence-corrected chi connectivity index (χ3v) is 5.55. The molecule has 1 aromatic heterocycles. The van der Waals surface area contributed by atoms with Gasteiger partial charge in [-0.2, -0.15) is 0 Å². The van der Waals surface area contributed by atoms with E-state index >= 15 is 0 Å². The molecule has 1 aliphatic rings. The Morgan fingerprint density at radius 3 is 2.41 bits per heavy atom. The van der Waals surface area contributed by atoms with Crippen LogP contribution in [0.4, 0.5) is 0 Å². The molecule has 8 nitrogen and oxygen atoms in total. The van der Waals surface area contributed by atoms with Crippen LogP contribution in [0.25, 0.3) is 0 Å². The van der Waals surface area contributed by atoms with Crippen LogP contribution >= 0.6 is 0 Å². The maximum absolute atomic E-state index is 13.1. The maximum atomic E-state index is 13.1. The zero-order valence-electron chi connectivity index (χ0n) is 17.9. The fourth-order valence-electron chi connectivity index (χ4n) is 3.80. The van der Waals surface area contributed by atoms with Gasteiger partial charge in [-0.15, -0.1) is 0 Å². The monoisotopic (exact) mass is 432 g/mol. The number of carbonyl (C=O) groups excluding carboxylic acids is 3. The van der Waals surface area contributed by atoms with E-state index in [4.69, 9.17) is 4.74 Å². The fourth-order valence-corrected chi connectivity index (χ4v) is 3.80. The van der Waals surface area contributed by atoms with Gasteiger partial charge in [0, 0.05) is 43.4 Å². The molecule has 8 heteroatoms. The van der Waals surface area contributed by atoms with Gasteiger partial charge >= 0.3 is 0 Å². The molecule has 4 rings (SSSR count). The summed E-state index contributed by atoms with van der Waals surface area (Å²) in [5.41, 5.74) is 2.04. The first kappa shape index (κ1) is 21.3. The van der Waals surface area contributed by atoms with Crippen LogP contribution in [0.3, 0.4) is 0 Å². The number of hydrogen-bond acceptors (Lipinski definition) is 5. The number of carbonyl (C=O) groups is 3. The zero-order valence-corrected chi connectivity index (χ0v) is 17.9. The molecule has 1 atom stereocenters. The van der Waals surface area contributed by atoms with Gasteiger partial charge in [0.1, 0.15) is 17.6 Å². The van der Waals surface area contributed by atoms with Crippen molar-refractivity contribution in [1.29, 1.82) is 0 Å². The van der Waals surface area contributed by atoms with Crippen molar-refractivity contribution >= 4 is 17.7 Å². The average molecular weight is 432 g/mol. The average Bonchev–Trinajstić information content (AvgIpc) is 3.37. The number of hydrogen-bond donors (Lipinski definition) is 1. The minimum atomic E-state index is -0.516. The number of ether oxygens (including phenoxy) is 1. The van der Waals surface area contributed by atoms with Crippen molar-refractivity contribution in [2.24, 2.45) is 7.05 Å². The molecule has 0 bridgehead atoms. The molecule has 0 saturated carbocycles. The summed E-state index contributed by atoms with van der Waals surface area (Å²) in [6.07, 6.45) is 4.02.